The second-order valence-corrected chi connectivity index (χ2v) is 5.61. The molecule has 0 aliphatic heterocycles. The van der Waals surface area contributed by atoms with Crippen molar-refractivity contribution in [2.75, 3.05) is 0 Å². The van der Waals surface area contributed by atoms with Gasteiger partial charge in [-0.3, -0.25) is 0 Å². The zero-order valence-corrected chi connectivity index (χ0v) is 12.3. The number of thiazole rings is 1. The number of hydrogen-bond acceptors (Lipinski definition) is 3. The predicted octanol–water partition coefficient (Wildman–Crippen LogP) is 4.64. The van der Waals surface area contributed by atoms with Crippen LogP contribution in [0.15, 0.2) is 53.9 Å². The van der Waals surface area contributed by atoms with E-state index in [1.807, 2.05) is 17.5 Å². The highest BCUT2D eigenvalue weighted by molar-refractivity contribution is 7.13. The van der Waals surface area contributed by atoms with Crippen LogP contribution in [0.1, 0.15) is 15.9 Å². The lowest BCUT2D eigenvalue weighted by molar-refractivity contribution is 0.0697. The molecule has 5 heteroatoms. The molecule has 0 saturated carbocycles. The Balaban J connectivity index is 1.87. The predicted molar refractivity (Wildman–Crippen MR) is 84.8 cm³/mol. The first-order chi connectivity index (χ1) is 10.7. The zero-order chi connectivity index (χ0) is 15.5. The minimum Gasteiger partial charge on any atom is -0.478 e. The van der Waals surface area contributed by atoms with E-state index in [9.17, 15) is 9.18 Å². The summed E-state index contributed by atoms with van der Waals surface area (Å²) in [7, 11) is 0. The summed E-state index contributed by atoms with van der Waals surface area (Å²) in [5, 5.41) is 11.7. The molecule has 0 aliphatic rings. The summed E-state index contributed by atoms with van der Waals surface area (Å²) in [6.45, 7) is -0.474. The van der Waals surface area contributed by atoms with Gasteiger partial charge in [-0.1, -0.05) is 36.4 Å². The summed E-state index contributed by atoms with van der Waals surface area (Å²) in [6, 6.07) is 13.8. The van der Waals surface area contributed by atoms with Crippen LogP contribution in [-0.4, -0.2) is 16.1 Å². The molecule has 0 bridgehead atoms. The van der Waals surface area contributed by atoms with Gasteiger partial charge in [0.2, 0.25) is 0 Å². The molecule has 110 valence electrons. The molecule has 1 heterocycles. The van der Waals surface area contributed by atoms with Gasteiger partial charge in [-0.25, -0.2) is 14.2 Å². The Morgan fingerprint density at radius 1 is 1.05 bits per heavy atom. The van der Waals surface area contributed by atoms with Crippen LogP contribution >= 0.6 is 11.3 Å². The zero-order valence-electron chi connectivity index (χ0n) is 11.5. The van der Waals surface area contributed by atoms with E-state index in [-0.39, 0.29) is 5.56 Å². The fraction of sp³-hybridized carbons (Fsp3) is 0.0588. The van der Waals surface area contributed by atoms with Crippen molar-refractivity contribution in [3.05, 3.63) is 65.0 Å². The largest absolute Gasteiger partial charge is 0.478 e. The number of carboxylic acids is 1. The fourth-order valence-electron chi connectivity index (χ4n) is 2.06. The van der Waals surface area contributed by atoms with Gasteiger partial charge in [-0.2, -0.15) is 0 Å². The van der Waals surface area contributed by atoms with Crippen LogP contribution in [0.25, 0.3) is 21.8 Å². The number of carbonyl (C=O) groups is 1. The lowest BCUT2D eigenvalue weighted by Gasteiger charge is -1.99. The van der Waals surface area contributed by atoms with Crippen LogP contribution in [0.4, 0.5) is 4.39 Å². The monoisotopic (exact) mass is 313 g/mol. The Hall–Kier alpha value is -2.53. The van der Waals surface area contributed by atoms with Gasteiger partial charge in [-0.15, -0.1) is 11.3 Å². The molecular formula is C17H12FNO2S. The molecule has 0 amide bonds. The number of aromatic nitrogens is 1. The molecule has 0 radical (unpaired) electrons. The van der Waals surface area contributed by atoms with E-state index in [0.29, 0.717) is 5.56 Å². The number of rotatable bonds is 4. The molecule has 3 aromatic rings. The van der Waals surface area contributed by atoms with E-state index in [1.54, 1.807) is 36.4 Å². The van der Waals surface area contributed by atoms with Gasteiger partial charge in [-0.05, 0) is 17.7 Å². The first-order valence-electron chi connectivity index (χ1n) is 6.62. The molecule has 0 saturated heterocycles. The molecule has 0 fully saturated rings. The smallest absolute Gasteiger partial charge is 0.335 e. The highest BCUT2D eigenvalue weighted by atomic mass is 32.1. The maximum Gasteiger partial charge on any atom is 0.335 e. The summed E-state index contributed by atoms with van der Waals surface area (Å²) < 4.78 is 12.5. The van der Waals surface area contributed by atoms with Crippen molar-refractivity contribution in [3.63, 3.8) is 0 Å². The average molecular weight is 313 g/mol. The van der Waals surface area contributed by atoms with Crippen LogP contribution in [-0.2, 0) is 6.67 Å². The SMILES string of the molecule is O=C(O)c1ccc(-c2nc(-c3ccc(CF)cc3)cs2)cc1. The molecule has 22 heavy (non-hydrogen) atoms. The summed E-state index contributed by atoms with van der Waals surface area (Å²) in [6.07, 6.45) is 0. The number of carboxylic acid groups (broad SMARTS) is 1. The summed E-state index contributed by atoms with van der Waals surface area (Å²) >= 11 is 1.49. The van der Waals surface area contributed by atoms with Crippen molar-refractivity contribution < 1.29 is 14.3 Å². The summed E-state index contributed by atoms with van der Waals surface area (Å²) in [5.74, 6) is -0.945. The van der Waals surface area contributed by atoms with Gasteiger partial charge in [0.15, 0.2) is 0 Å². The van der Waals surface area contributed by atoms with E-state index in [2.05, 4.69) is 4.98 Å². The lowest BCUT2D eigenvalue weighted by atomic mass is 10.1. The van der Waals surface area contributed by atoms with Gasteiger partial charge < -0.3 is 5.11 Å². The maximum atomic E-state index is 12.5. The van der Waals surface area contributed by atoms with Gasteiger partial charge in [0.05, 0.1) is 11.3 Å². The second-order valence-electron chi connectivity index (χ2n) is 4.75. The van der Waals surface area contributed by atoms with Gasteiger partial charge in [0.1, 0.15) is 11.7 Å². The quantitative estimate of drug-likeness (QED) is 0.763. The Labute approximate surface area is 130 Å². The van der Waals surface area contributed by atoms with Crippen LogP contribution in [0.5, 0.6) is 0 Å². The number of aromatic carboxylic acids is 1. The van der Waals surface area contributed by atoms with Crippen molar-refractivity contribution in [3.8, 4) is 21.8 Å². The van der Waals surface area contributed by atoms with Gasteiger partial charge in [0.25, 0.3) is 0 Å². The number of halogens is 1. The van der Waals surface area contributed by atoms with Crippen molar-refractivity contribution in [2.45, 2.75) is 6.67 Å². The molecule has 0 aliphatic carbocycles. The van der Waals surface area contributed by atoms with Crippen molar-refractivity contribution >= 4 is 17.3 Å². The Bertz CT molecular complexity index is 794. The molecule has 3 rings (SSSR count). The topological polar surface area (TPSA) is 50.2 Å². The molecule has 0 spiro atoms. The highest BCUT2D eigenvalue weighted by Crippen LogP contribution is 2.29. The lowest BCUT2D eigenvalue weighted by Crippen LogP contribution is -1.94. The van der Waals surface area contributed by atoms with Crippen LogP contribution in [0.2, 0.25) is 0 Å². The minimum atomic E-state index is -0.945. The van der Waals surface area contributed by atoms with Crippen molar-refractivity contribution in [2.24, 2.45) is 0 Å². The molecule has 0 atom stereocenters. The normalized spacial score (nSPS) is 10.6. The maximum absolute atomic E-state index is 12.5. The second kappa shape index (κ2) is 6.07. The first-order valence-corrected chi connectivity index (χ1v) is 7.50. The Morgan fingerprint density at radius 2 is 1.68 bits per heavy atom. The van der Waals surface area contributed by atoms with Crippen LogP contribution in [0.3, 0.4) is 0 Å². The minimum absolute atomic E-state index is 0.252. The molecule has 3 nitrogen and oxygen atoms in total. The number of nitrogens with zero attached hydrogens (tertiary/aromatic N) is 1. The number of benzene rings is 2. The highest BCUT2D eigenvalue weighted by Gasteiger charge is 2.08. The molecule has 2 aromatic carbocycles. The third-order valence-electron chi connectivity index (χ3n) is 3.29. The van der Waals surface area contributed by atoms with E-state index >= 15 is 0 Å². The number of alkyl halides is 1. The Kier molecular flexibility index (Phi) is 3.98. The third kappa shape index (κ3) is 2.89. The molecular weight excluding hydrogens is 301 g/mol. The first kappa shape index (κ1) is 14.4. The van der Waals surface area contributed by atoms with Gasteiger partial charge >= 0.3 is 5.97 Å². The standard InChI is InChI=1S/C17H12FNO2S/c18-9-11-1-3-12(4-2-11)15-10-22-16(19-15)13-5-7-14(8-6-13)17(20)21/h1-8,10H,9H2,(H,20,21). The fourth-order valence-corrected chi connectivity index (χ4v) is 2.89. The molecule has 1 aromatic heterocycles. The van der Waals surface area contributed by atoms with Crippen molar-refractivity contribution in [1.82, 2.24) is 4.98 Å². The summed E-state index contributed by atoms with van der Waals surface area (Å²) in [4.78, 5) is 15.4. The molecule has 0 unspecified atom stereocenters. The Morgan fingerprint density at radius 3 is 2.27 bits per heavy atom. The summed E-state index contributed by atoms with van der Waals surface area (Å²) in [5.41, 5.74) is 3.53. The van der Waals surface area contributed by atoms with E-state index in [0.717, 1.165) is 21.8 Å². The van der Waals surface area contributed by atoms with E-state index in [1.165, 1.54) is 11.3 Å². The van der Waals surface area contributed by atoms with E-state index in [4.69, 9.17) is 5.11 Å². The van der Waals surface area contributed by atoms with E-state index < -0.39 is 12.6 Å². The third-order valence-corrected chi connectivity index (χ3v) is 4.18. The average Bonchev–Trinajstić information content (AvgIpc) is 3.05. The van der Waals surface area contributed by atoms with Crippen molar-refractivity contribution in [1.29, 1.82) is 0 Å². The molecule has 1 N–H and O–H groups in total. The van der Waals surface area contributed by atoms with Gasteiger partial charge in [0, 0.05) is 16.5 Å². The number of hydrogen-bond donors (Lipinski definition) is 1. The van der Waals surface area contributed by atoms with Crippen LogP contribution in [0, 0.1) is 0 Å². The van der Waals surface area contributed by atoms with Crippen LogP contribution < -0.4 is 0 Å².